The summed E-state index contributed by atoms with van der Waals surface area (Å²) in [5, 5.41) is 17.5. The van der Waals surface area contributed by atoms with Crippen LogP contribution >= 0.6 is 0 Å². The Bertz CT molecular complexity index is 1070. The summed E-state index contributed by atoms with van der Waals surface area (Å²) in [6, 6.07) is 4.71. The molecule has 0 aliphatic heterocycles. The number of guanidine groups is 2. The largest absolute Gasteiger partial charge is 0.480 e. The number of aliphatic imine (C=N–C) groups is 2. The average molecular weight is 591 g/mol. The van der Waals surface area contributed by atoms with E-state index in [0.717, 1.165) is 5.56 Å². The fourth-order valence-corrected chi connectivity index (χ4v) is 4.00. The van der Waals surface area contributed by atoms with Crippen molar-refractivity contribution in [2.75, 3.05) is 13.1 Å². The minimum Gasteiger partial charge on any atom is -0.480 e. The molecule has 234 valence electrons. The fourth-order valence-electron chi connectivity index (χ4n) is 4.00. The Hall–Kier alpha value is -4.40. The van der Waals surface area contributed by atoms with E-state index in [0.29, 0.717) is 19.4 Å². The standard InChI is InChI=1S/C27H46N10O5/c1-16(2)14-21(25(41)42)37-23(39)19(11-7-13-34-27(31)32)35-24(40)20(15-17-8-4-3-5-9-17)36-22(38)18(28)10-6-12-33-26(29)30/h3-5,8-9,16,18-21H,6-7,10-15,28H2,1-2H3,(H,35,40)(H,36,38)(H,37,39)(H,41,42)(H4,29,30,33)(H4,31,32,34). The number of nitrogens with two attached hydrogens (primary N) is 5. The van der Waals surface area contributed by atoms with E-state index in [9.17, 15) is 24.3 Å². The highest BCUT2D eigenvalue weighted by atomic mass is 16.4. The number of carboxylic acids is 1. The van der Waals surface area contributed by atoms with Crippen LogP contribution in [-0.2, 0) is 25.6 Å². The Kier molecular flexibility index (Phi) is 16.0. The molecule has 3 amide bonds. The van der Waals surface area contributed by atoms with Gasteiger partial charge in [0.2, 0.25) is 17.7 Å². The van der Waals surface area contributed by atoms with Gasteiger partial charge in [0.1, 0.15) is 18.1 Å². The van der Waals surface area contributed by atoms with Crippen molar-refractivity contribution in [2.45, 2.75) is 76.5 Å². The van der Waals surface area contributed by atoms with E-state index in [1.54, 1.807) is 24.3 Å². The van der Waals surface area contributed by atoms with Gasteiger partial charge >= 0.3 is 5.97 Å². The summed E-state index contributed by atoms with van der Waals surface area (Å²) in [6.07, 6.45) is 1.45. The van der Waals surface area contributed by atoms with Crippen molar-refractivity contribution >= 4 is 35.6 Å². The first-order valence-electron chi connectivity index (χ1n) is 13.8. The van der Waals surface area contributed by atoms with Crippen molar-refractivity contribution in [1.82, 2.24) is 16.0 Å². The third-order valence-electron chi connectivity index (χ3n) is 6.12. The fraction of sp³-hybridized carbons (Fsp3) is 0.556. The number of aliphatic carboxylic acids is 1. The molecule has 0 radical (unpaired) electrons. The second-order valence-corrected chi connectivity index (χ2v) is 10.3. The number of nitrogens with zero attached hydrogens (tertiary/aromatic N) is 2. The van der Waals surface area contributed by atoms with Gasteiger partial charge in [-0.15, -0.1) is 0 Å². The van der Waals surface area contributed by atoms with Crippen LogP contribution in [0.1, 0.15) is 51.5 Å². The van der Waals surface area contributed by atoms with Crippen molar-refractivity contribution in [2.24, 2.45) is 44.6 Å². The molecule has 42 heavy (non-hydrogen) atoms. The maximum absolute atomic E-state index is 13.5. The lowest BCUT2D eigenvalue weighted by Crippen LogP contribution is -2.57. The number of nitrogens with one attached hydrogen (secondary N) is 3. The van der Waals surface area contributed by atoms with E-state index in [2.05, 4.69) is 25.9 Å². The van der Waals surface area contributed by atoms with Crippen molar-refractivity contribution < 1.29 is 24.3 Å². The number of benzene rings is 1. The monoisotopic (exact) mass is 590 g/mol. The van der Waals surface area contributed by atoms with Crippen LogP contribution in [0.25, 0.3) is 0 Å². The lowest BCUT2D eigenvalue weighted by molar-refractivity contribution is -0.142. The molecule has 0 aromatic heterocycles. The zero-order chi connectivity index (χ0) is 31.7. The predicted molar refractivity (Wildman–Crippen MR) is 161 cm³/mol. The normalized spacial score (nSPS) is 13.6. The minimum atomic E-state index is -1.19. The summed E-state index contributed by atoms with van der Waals surface area (Å²) < 4.78 is 0. The molecule has 4 unspecified atom stereocenters. The van der Waals surface area contributed by atoms with Crippen LogP contribution in [0.4, 0.5) is 0 Å². The number of amides is 3. The number of carboxylic acid groups (broad SMARTS) is 1. The molecule has 15 heteroatoms. The SMILES string of the molecule is CC(C)CC(NC(=O)C(CCCN=C(N)N)NC(=O)C(Cc1ccccc1)NC(=O)C(N)CCCN=C(N)N)C(=O)O. The molecule has 0 aliphatic rings. The smallest absolute Gasteiger partial charge is 0.326 e. The lowest BCUT2D eigenvalue weighted by Gasteiger charge is -2.25. The maximum atomic E-state index is 13.5. The first-order valence-corrected chi connectivity index (χ1v) is 13.8. The van der Waals surface area contributed by atoms with Crippen molar-refractivity contribution in [1.29, 1.82) is 0 Å². The number of rotatable bonds is 19. The Morgan fingerprint density at radius 3 is 1.79 bits per heavy atom. The summed E-state index contributed by atoms with van der Waals surface area (Å²) in [5.74, 6) is -3.26. The van der Waals surface area contributed by atoms with Crippen LogP contribution < -0.4 is 44.6 Å². The van der Waals surface area contributed by atoms with E-state index in [4.69, 9.17) is 28.7 Å². The summed E-state index contributed by atoms with van der Waals surface area (Å²) >= 11 is 0. The first kappa shape index (κ1) is 35.6. The quantitative estimate of drug-likeness (QED) is 0.0497. The van der Waals surface area contributed by atoms with Gasteiger partial charge in [-0.05, 0) is 43.6 Å². The van der Waals surface area contributed by atoms with Crippen molar-refractivity contribution in [3.8, 4) is 0 Å². The molecule has 14 N–H and O–H groups in total. The van der Waals surface area contributed by atoms with Gasteiger partial charge in [0, 0.05) is 19.5 Å². The summed E-state index contributed by atoms with van der Waals surface area (Å²) in [6.45, 7) is 4.15. The van der Waals surface area contributed by atoms with Crippen LogP contribution in [0.15, 0.2) is 40.3 Å². The third kappa shape index (κ3) is 14.8. The van der Waals surface area contributed by atoms with Gasteiger partial charge in [-0.2, -0.15) is 0 Å². The van der Waals surface area contributed by atoms with E-state index >= 15 is 0 Å². The number of carbonyl (C=O) groups excluding carboxylic acids is 3. The van der Waals surface area contributed by atoms with E-state index in [1.807, 2.05) is 19.9 Å². The van der Waals surface area contributed by atoms with Gasteiger partial charge < -0.3 is 49.7 Å². The highest BCUT2D eigenvalue weighted by Gasteiger charge is 2.30. The Balaban J connectivity index is 3.12. The molecule has 0 saturated heterocycles. The van der Waals surface area contributed by atoms with Gasteiger partial charge in [-0.1, -0.05) is 44.2 Å². The molecule has 0 aliphatic carbocycles. The Labute approximate surface area is 246 Å². The zero-order valence-electron chi connectivity index (χ0n) is 24.3. The van der Waals surface area contributed by atoms with Crippen LogP contribution in [0, 0.1) is 5.92 Å². The zero-order valence-corrected chi connectivity index (χ0v) is 24.3. The molecule has 15 nitrogen and oxygen atoms in total. The molecular formula is C27H46N10O5. The molecule has 1 rings (SSSR count). The molecule has 0 spiro atoms. The number of hydrogen-bond acceptors (Lipinski definition) is 7. The molecule has 4 atom stereocenters. The van der Waals surface area contributed by atoms with E-state index in [1.165, 1.54) is 0 Å². The third-order valence-corrected chi connectivity index (χ3v) is 6.12. The van der Waals surface area contributed by atoms with E-state index in [-0.39, 0.29) is 50.1 Å². The second kappa shape index (κ2) is 18.9. The summed E-state index contributed by atoms with van der Waals surface area (Å²) in [4.78, 5) is 59.1. The van der Waals surface area contributed by atoms with Gasteiger partial charge in [0.15, 0.2) is 11.9 Å². The maximum Gasteiger partial charge on any atom is 0.326 e. The number of hydrogen-bond donors (Lipinski definition) is 9. The topological polar surface area (TPSA) is 279 Å². The molecule has 0 fully saturated rings. The lowest BCUT2D eigenvalue weighted by atomic mass is 10.0. The molecule has 0 bridgehead atoms. The van der Waals surface area contributed by atoms with Crippen LogP contribution in [0.2, 0.25) is 0 Å². The highest BCUT2D eigenvalue weighted by Crippen LogP contribution is 2.09. The molecule has 1 aromatic carbocycles. The van der Waals surface area contributed by atoms with Gasteiger partial charge in [0.25, 0.3) is 0 Å². The van der Waals surface area contributed by atoms with Gasteiger partial charge in [-0.25, -0.2) is 4.79 Å². The molecule has 0 heterocycles. The summed E-state index contributed by atoms with van der Waals surface area (Å²) in [5.41, 5.74) is 28.2. The Morgan fingerprint density at radius 1 is 0.762 bits per heavy atom. The molecule has 1 aromatic rings. The average Bonchev–Trinajstić information content (AvgIpc) is 2.91. The molecule has 0 saturated carbocycles. The second-order valence-electron chi connectivity index (χ2n) is 10.3. The Morgan fingerprint density at radius 2 is 1.26 bits per heavy atom. The van der Waals surface area contributed by atoms with Crippen molar-refractivity contribution in [3.63, 3.8) is 0 Å². The van der Waals surface area contributed by atoms with Crippen molar-refractivity contribution in [3.05, 3.63) is 35.9 Å². The van der Waals surface area contributed by atoms with Crippen LogP contribution in [0.3, 0.4) is 0 Å². The van der Waals surface area contributed by atoms with Gasteiger partial charge in [-0.3, -0.25) is 24.4 Å². The summed E-state index contributed by atoms with van der Waals surface area (Å²) in [7, 11) is 0. The predicted octanol–water partition coefficient (Wildman–Crippen LogP) is -1.75. The van der Waals surface area contributed by atoms with Gasteiger partial charge in [0.05, 0.1) is 6.04 Å². The van der Waals surface area contributed by atoms with Crippen LogP contribution in [-0.4, -0.2) is 78.0 Å². The first-order chi connectivity index (χ1) is 19.8. The molecular weight excluding hydrogens is 544 g/mol. The minimum absolute atomic E-state index is 0.00422. The highest BCUT2D eigenvalue weighted by molar-refractivity contribution is 5.94. The van der Waals surface area contributed by atoms with E-state index < -0.39 is 47.9 Å². The van der Waals surface area contributed by atoms with Crippen LogP contribution in [0.5, 0.6) is 0 Å². The number of carbonyl (C=O) groups is 4.